The molecule has 3 heteroatoms. The highest BCUT2D eigenvalue weighted by Gasteiger charge is 2.31. The van der Waals surface area contributed by atoms with Crippen LogP contribution in [0.15, 0.2) is 0 Å². The number of aromatic nitrogens is 1. The van der Waals surface area contributed by atoms with Crippen LogP contribution >= 0.6 is 0 Å². The van der Waals surface area contributed by atoms with Crippen molar-refractivity contribution in [2.24, 2.45) is 5.41 Å². The van der Waals surface area contributed by atoms with E-state index in [1.54, 1.807) is 0 Å². The first-order chi connectivity index (χ1) is 9.25. The summed E-state index contributed by atoms with van der Waals surface area (Å²) in [6, 6.07) is 0. The molecule has 0 radical (unpaired) electrons. The number of fused-ring (bicyclic) bond motifs is 1. The van der Waals surface area contributed by atoms with E-state index in [2.05, 4.69) is 25.8 Å². The van der Waals surface area contributed by atoms with E-state index >= 15 is 0 Å². The maximum Gasteiger partial charge on any atom is 0.228 e. The molecule has 0 aromatic carbocycles. The van der Waals surface area contributed by atoms with E-state index in [1.807, 2.05) is 25.7 Å². The monoisotopic (exact) mass is 276 g/mol. The maximum absolute atomic E-state index is 12.4. The second-order valence-corrected chi connectivity index (χ2v) is 7.21. The Hall–Kier alpha value is -1.25. The van der Waals surface area contributed by atoms with Crippen molar-refractivity contribution in [2.45, 2.75) is 66.8 Å². The number of hydrogen-bond acceptors (Lipinski definition) is 1. The molecule has 1 aromatic rings. The third-order valence-corrected chi connectivity index (χ3v) is 4.16. The molecule has 0 saturated heterocycles. The van der Waals surface area contributed by atoms with Gasteiger partial charge in [-0.15, -0.1) is 0 Å². The van der Waals surface area contributed by atoms with Crippen molar-refractivity contribution >= 4 is 5.91 Å². The van der Waals surface area contributed by atoms with Gasteiger partial charge in [-0.05, 0) is 29.9 Å². The first-order valence-corrected chi connectivity index (χ1v) is 7.77. The summed E-state index contributed by atoms with van der Waals surface area (Å²) in [4.78, 5) is 18.0. The minimum absolute atomic E-state index is 0.252. The molecule has 1 N–H and O–H groups in total. The number of aryl methyl sites for hydroxylation is 1. The lowest BCUT2D eigenvalue weighted by Crippen LogP contribution is -2.42. The number of hydrogen-bond donors (Lipinski definition) is 1. The molecule has 1 aromatic heterocycles. The van der Waals surface area contributed by atoms with Gasteiger partial charge in [0.25, 0.3) is 0 Å². The molecular weight excluding hydrogens is 248 g/mol. The minimum Gasteiger partial charge on any atom is -0.360 e. The Balaban J connectivity index is 2.30. The summed E-state index contributed by atoms with van der Waals surface area (Å²) < 4.78 is 0. The molecule has 0 bridgehead atoms. The van der Waals surface area contributed by atoms with Gasteiger partial charge >= 0.3 is 0 Å². The minimum atomic E-state index is -0.293. The van der Waals surface area contributed by atoms with Gasteiger partial charge < -0.3 is 9.88 Å². The number of carbonyl (C=O) groups excluding carboxylic acids is 1. The number of amides is 1. The molecule has 0 atom stereocenters. The van der Waals surface area contributed by atoms with Crippen molar-refractivity contribution in [3.05, 3.63) is 22.5 Å². The number of H-pyrrole nitrogens is 1. The number of nitrogens with zero attached hydrogens (tertiary/aromatic N) is 1. The van der Waals surface area contributed by atoms with Crippen LogP contribution in [0.5, 0.6) is 0 Å². The van der Waals surface area contributed by atoms with Gasteiger partial charge in [0, 0.05) is 23.3 Å². The lowest BCUT2D eigenvalue weighted by atomic mass is 9.90. The van der Waals surface area contributed by atoms with E-state index in [1.165, 1.54) is 22.5 Å². The predicted octanol–water partition coefficient (Wildman–Crippen LogP) is 3.63. The molecule has 112 valence electrons. The third-order valence-electron chi connectivity index (χ3n) is 4.16. The Morgan fingerprint density at radius 1 is 1.35 bits per heavy atom. The van der Waals surface area contributed by atoms with Gasteiger partial charge in [0.2, 0.25) is 5.91 Å². The molecule has 1 aliphatic rings. The first-order valence-electron chi connectivity index (χ1n) is 7.77. The van der Waals surface area contributed by atoms with Crippen LogP contribution in [0.2, 0.25) is 0 Å². The Bertz CT molecular complexity index is 506. The summed E-state index contributed by atoms with van der Waals surface area (Å²) >= 11 is 0. The predicted molar refractivity (Wildman–Crippen MR) is 82.8 cm³/mol. The fourth-order valence-electron chi connectivity index (χ4n) is 3.23. The Morgan fingerprint density at radius 3 is 2.50 bits per heavy atom. The average Bonchev–Trinajstić information content (AvgIpc) is 2.73. The topological polar surface area (TPSA) is 36.1 Å². The van der Waals surface area contributed by atoms with Crippen LogP contribution in [-0.4, -0.2) is 22.3 Å². The zero-order chi connectivity index (χ0) is 15.1. The van der Waals surface area contributed by atoms with E-state index in [0.717, 1.165) is 25.9 Å². The van der Waals surface area contributed by atoms with Gasteiger partial charge in [0.15, 0.2) is 0 Å². The number of rotatable bonds is 2. The van der Waals surface area contributed by atoms with E-state index in [-0.39, 0.29) is 11.3 Å². The summed E-state index contributed by atoms with van der Waals surface area (Å²) in [5.41, 5.74) is 5.28. The average molecular weight is 276 g/mol. The summed E-state index contributed by atoms with van der Waals surface area (Å²) in [5, 5.41) is 0. The molecule has 1 amide bonds. The second kappa shape index (κ2) is 5.27. The molecule has 2 rings (SSSR count). The smallest absolute Gasteiger partial charge is 0.228 e. The fraction of sp³-hybridized carbons (Fsp3) is 0.706. The number of carbonyl (C=O) groups is 1. The summed E-state index contributed by atoms with van der Waals surface area (Å²) in [7, 11) is 0. The van der Waals surface area contributed by atoms with Gasteiger partial charge in [0.05, 0.1) is 6.54 Å². The zero-order valence-corrected chi connectivity index (χ0v) is 13.8. The van der Waals surface area contributed by atoms with Crippen molar-refractivity contribution in [1.29, 1.82) is 0 Å². The summed E-state index contributed by atoms with van der Waals surface area (Å²) in [6.45, 7) is 14.3. The van der Waals surface area contributed by atoms with Crippen molar-refractivity contribution in [3.63, 3.8) is 0 Å². The molecule has 0 spiro atoms. The van der Waals surface area contributed by atoms with Crippen molar-refractivity contribution in [2.75, 3.05) is 6.54 Å². The van der Waals surface area contributed by atoms with Crippen LogP contribution in [0.1, 0.15) is 70.0 Å². The molecule has 2 heterocycles. The van der Waals surface area contributed by atoms with E-state index in [4.69, 9.17) is 0 Å². The molecule has 20 heavy (non-hydrogen) atoms. The highest BCUT2D eigenvalue weighted by molar-refractivity contribution is 5.81. The first kappa shape index (κ1) is 15.1. The summed E-state index contributed by atoms with van der Waals surface area (Å²) in [6.07, 6.45) is 2.02. The molecule has 0 saturated carbocycles. The third kappa shape index (κ3) is 2.63. The Kier molecular flexibility index (Phi) is 3.99. The van der Waals surface area contributed by atoms with Gasteiger partial charge in [-0.25, -0.2) is 0 Å². The SMILES string of the molecule is CCc1[nH]c2c(c1C(C)C)CCN(C(=O)C(C)(C)C)C2. The van der Waals surface area contributed by atoms with Gasteiger partial charge in [-0.3, -0.25) is 4.79 Å². The number of aromatic amines is 1. The largest absolute Gasteiger partial charge is 0.360 e. The zero-order valence-electron chi connectivity index (χ0n) is 13.8. The van der Waals surface area contributed by atoms with E-state index in [0.29, 0.717) is 5.92 Å². The highest BCUT2D eigenvalue weighted by Crippen LogP contribution is 2.32. The van der Waals surface area contributed by atoms with E-state index < -0.39 is 0 Å². The number of nitrogens with one attached hydrogen (secondary N) is 1. The van der Waals surface area contributed by atoms with Crippen LogP contribution in [-0.2, 0) is 24.2 Å². The van der Waals surface area contributed by atoms with Crippen molar-refractivity contribution < 1.29 is 4.79 Å². The fourth-order valence-corrected chi connectivity index (χ4v) is 3.23. The van der Waals surface area contributed by atoms with Crippen LogP contribution in [0.25, 0.3) is 0 Å². The Morgan fingerprint density at radius 2 is 2.00 bits per heavy atom. The molecular formula is C17H28N2O. The van der Waals surface area contributed by atoms with E-state index in [9.17, 15) is 4.79 Å². The normalized spacial score (nSPS) is 15.7. The van der Waals surface area contributed by atoms with Gasteiger partial charge in [-0.1, -0.05) is 41.5 Å². The van der Waals surface area contributed by atoms with Crippen molar-refractivity contribution in [1.82, 2.24) is 9.88 Å². The van der Waals surface area contributed by atoms with Crippen molar-refractivity contribution in [3.8, 4) is 0 Å². The van der Waals surface area contributed by atoms with Gasteiger partial charge in [0.1, 0.15) is 0 Å². The molecule has 0 aliphatic carbocycles. The Labute approximate surface area is 122 Å². The van der Waals surface area contributed by atoms with Crippen LogP contribution in [0.3, 0.4) is 0 Å². The lowest BCUT2D eigenvalue weighted by Gasteiger charge is -2.32. The molecule has 0 unspecified atom stereocenters. The molecule has 3 nitrogen and oxygen atoms in total. The summed E-state index contributed by atoms with van der Waals surface area (Å²) in [5.74, 6) is 0.803. The van der Waals surface area contributed by atoms with Crippen LogP contribution in [0.4, 0.5) is 0 Å². The van der Waals surface area contributed by atoms with Gasteiger partial charge in [-0.2, -0.15) is 0 Å². The molecule has 0 fully saturated rings. The second-order valence-electron chi connectivity index (χ2n) is 7.21. The van der Waals surface area contributed by atoms with Crippen LogP contribution in [0, 0.1) is 5.41 Å². The quantitative estimate of drug-likeness (QED) is 0.879. The van der Waals surface area contributed by atoms with Crippen LogP contribution < -0.4 is 0 Å². The maximum atomic E-state index is 12.4. The molecule has 1 aliphatic heterocycles. The lowest BCUT2D eigenvalue weighted by molar-refractivity contribution is -0.140. The highest BCUT2D eigenvalue weighted by atomic mass is 16.2. The standard InChI is InChI=1S/C17H28N2O/c1-7-13-15(11(2)3)12-8-9-19(10-14(12)18-13)16(20)17(4,5)6/h11,18H,7-10H2,1-6H3.